The second-order valence-electron chi connectivity index (χ2n) is 10.3. The molecule has 0 N–H and O–H groups in total. The number of nitro groups is 1. The molecular weight excluding hydrogens is 666 g/mol. The molecule has 0 unspecified atom stereocenters. The van der Waals surface area contributed by atoms with E-state index in [2.05, 4.69) is 88.0 Å². The molecule has 1 aliphatic heterocycles. The molecule has 0 bridgehead atoms. The first-order valence-electron chi connectivity index (χ1n) is 12.8. The third-order valence-electron chi connectivity index (χ3n) is 6.40. The molecule has 0 saturated heterocycles. The van der Waals surface area contributed by atoms with Gasteiger partial charge in [-0.15, -0.1) is 12.6 Å². The first kappa shape index (κ1) is 38.8. The fraction of sp³-hybridized carbons (Fsp3) is 0.355. The van der Waals surface area contributed by atoms with Crippen molar-refractivity contribution in [3.8, 4) is 5.75 Å². The number of hydrogen-bond donors (Lipinski definition) is 1. The van der Waals surface area contributed by atoms with E-state index in [1.54, 1.807) is 13.0 Å². The number of non-ortho nitro benzene ring substituents is 1. The smallest absolute Gasteiger partial charge is 1.00 e. The van der Waals surface area contributed by atoms with Crippen LogP contribution in [0.25, 0.3) is 0 Å². The van der Waals surface area contributed by atoms with Gasteiger partial charge in [0.25, 0.3) is 5.69 Å². The minimum absolute atomic E-state index is 0. The molecule has 3 aromatic rings. The van der Waals surface area contributed by atoms with E-state index in [1.165, 1.54) is 56.9 Å². The normalized spacial score (nSPS) is 12.2. The molecule has 10 heteroatoms. The van der Waals surface area contributed by atoms with Gasteiger partial charge in [-0.25, -0.2) is 0 Å². The molecule has 6 nitrogen and oxygen atoms in total. The predicted octanol–water partition coefficient (Wildman–Crippen LogP) is 2.24. The van der Waals surface area contributed by atoms with Crippen molar-refractivity contribution in [2.75, 3.05) is 9.80 Å². The van der Waals surface area contributed by atoms with Crippen LogP contribution < -0.4 is 39.4 Å². The van der Waals surface area contributed by atoms with Crippen molar-refractivity contribution in [1.29, 1.82) is 0 Å². The Bertz CT molecular complexity index is 1270. The van der Waals surface area contributed by atoms with E-state index >= 15 is 0 Å². The molecule has 41 heavy (non-hydrogen) atoms. The Kier molecular flexibility index (Phi) is 15.5. The molecule has 220 valence electrons. The topological polar surface area (TPSA) is 58.9 Å². The number of hydrogen-bond acceptors (Lipinski definition) is 6. The molecule has 0 radical (unpaired) electrons. The average Bonchev–Trinajstić information content (AvgIpc) is 3.14. The molecule has 0 atom stereocenters. The number of halogens is 2. The van der Waals surface area contributed by atoms with Gasteiger partial charge < -0.3 is 39.4 Å². The minimum Gasteiger partial charge on any atom is -1.00 e. The maximum absolute atomic E-state index is 10.5. The van der Waals surface area contributed by atoms with Gasteiger partial charge in [-0.2, -0.15) is 0 Å². The summed E-state index contributed by atoms with van der Waals surface area (Å²) in [6.07, 6.45) is 4.36. The van der Waals surface area contributed by atoms with Crippen molar-refractivity contribution in [3.05, 3.63) is 104 Å². The Morgan fingerprint density at radius 3 is 1.46 bits per heavy atom. The van der Waals surface area contributed by atoms with Crippen LogP contribution in [0.2, 0.25) is 0 Å². The Hall–Kier alpha value is -2.25. The first-order chi connectivity index (χ1) is 17.8. The number of benzene rings is 3. The van der Waals surface area contributed by atoms with Gasteiger partial charge in [0.05, 0.1) is 11.0 Å². The summed E-state index contributed by atoms with van der Waals surface area (Å²) in [5.74, 6) is 0.700. The number of rotatable bonds is 5. The Morgan fingerprint density at radius 1 is 0.756 bits per heavy atom. The van der Waals surface area contributed by atoms with Crippen molar-refractivity contribution < 1.29 is 54.0 Å². The number of aryl methyl sites for hydroxylation is 7. The molecule has 0 spiro atoms. The number of nitro benzene ring substituents is 1. The third-order valence-corrected chi connectivity index (χ3v) is 6.90. The summed E-state index contributed by atoms with van der Waals surface area (Å²) in [6.45, 7) is 18.6. The first-order valence-corrected chi connectivity index (χ1v) is 13.3. The molecule has 4 rings (SSSR count). The van der Waals surface area contributed by atoms with Gasteiger partial charge in [0.15, 0.2) is 5.50 Å². The SMILES string of the molecule is Cc1cc(C)c(N2C=CN(c3c(C)cc(C)cc3C)C2S)c(C)c1.Cc1cc([N+](=O)[O-])ccc1OC(C)C.[Cl-].[Cl-].[Ru+6]. The summed E-state index contributed by atoms with van der Waals surface area (Å²) in [5.41, 5.74) is 11.1. The maximum atomic E-state index is 10.5. The van der Waals surface area contributed by atoms with Gasteiger partial charge in [0.2, 0.25) is 0 Å². The van der Waals surface area contributed by atoms with Crippen LogP contribution in [0.5, 0.6) is 5.75 Å². The molecule has 0 saturated carbocycles. The van der Waals surface area contributed by atoms with Crippen molar-refractivity contribution in [3.63, 3.8) is 0 Å². The molecule has 1 aliphatic rings. The van der Waals surface area contributed by atoms with E-state index in [-0.39, 0.29) is 61.6 Å². The van der Waals surface area contributed by atoms with Gasteiger partial charge in [0, 0.05) is 35.9 Å². The maximum Gasteiger partial charge on any atom is 6.00 e. The third kappa shape index (κ3) is 9.37. The molecule has 0 amide bonds. The summed E-state index contributed by atoms with van der Waals surface area (Å²) >= 11 is 4.94. The predicted molar refractivity (Wildman–Crippen MR) is 162 cm³/mol. The van der Waals surface area contributed by atoms with Gasteiger partial charge in [-0.3, -0.25) is 10.1 Å². The second-order valence-corrected chi connectivity index (χ2v) is 10.8. The summed E-state index contributed by atoms with van der Waals surface area (Å²) in [7, 11) is 0. The molecule has 0 aromatic heterocycles. The van der Waals surface area contributed by atoms with Gasteiger partial charge in [-0.1, -0.05) is 35.4 Å². The van der Waals surface area contributed by atoms with Crippen LogP contribution in [0.1, 0.15) is 52.8 Å². The van der Waals surface area contributed by atoms with Crippen LogP contribution >= 0.6 is 12.6 Å². The van der Waals surface area contributed by atoms with Crippen LogP contribution in [-0.2, 0) is 19.5 Å². The molecule has 1 heterocycles. The molecule has 3 aromatic carbocycles. The summed E-state index contributed by atoms with van der Waals surface area (Å²) in [4.78, 5) is 14.6. The monoisotopic (exact) mass is 705 g/mol. The van der Waals surface area contributed by atoms with E-state index in [0.717, 1.165) is 5.56 Å². The Morgan fingerprint density at radius 2 is 1.15 bits per heavy atom. The summed E-state index contributed by atoms with van der Waals surface area (Å²) in [5, 5.41) is 10.5. The number of ether oxygens (including phenoxy) is 1. The van der Waals surface area contributed by atoms with Crippen LogP contribution in [0, 0.1) is 58.6 Å². The Labute approximate surface area is 275 Å². The largest absolute Gasteiger partial charge is 6.00 e. The fourth-order valence-corrected chi connectivity index (χ4v) is 5.49. The van der Waals surface area contributed by atoms with E-state index < -0.39 is 4.92 Å². The zero-order valence-electron chi connectivity index (χ0n) is 25.0. The van der Waals surface area contributed by atoms with E-state index in [9.17, 15) is 10.1 Å². The van der Waals surface area contributed by atoms with Crippen LogP contribution in [0.15, 0.2) is 54.9 Å². The van der Waals surface area contributed by atoms with Crippen molar-refractivity contribution in [2.45, 2.75) is 73.9 Å². The standard InChI is InChI=1S/C21H26N2S.C10H13NO3.2ClH.Ru/c1-13-9-15(3)19(16(4)10-13)22-7-8-23(21(22)24)20-17(5)11-14(2)12-18(20)6;1-7(2)14-10-5-4-9(11(12)13)6-8(10)3;;;/h7-12,21,24H,1-6H3;4-7H,1-3H3;2*1H;/q;;;;+6/p-2. The molecular formula is C31H39Cl2N3O3RuS+4. The Balaban J connectivity index is 0.000000819. The summed E-state index contributed by atoms with van der Waals surface area (Å²) < 4.78 is 5.46. The van der Waals surface area contributed by atoms with Crippen LogP contribution in [0.3, 0.4) is 0 Å². The van der Waals surface area contributed by atoms with Gasteiger partial charge in [-0.05, 0) is 96.2 Å². The van der Waals surface area contributed by atoms with E-state index in [0.29, 0.717) is 5.75 Å². The zero-order valence-corrected chi connectivity index (χ0v) is 29.1. The van der Waals surface area contributed by atoms with Gasteiger partial charge in [0.1, 0.15) is 5.75 Å². The summed E-state index contributed by atoms with van der Waals surface area (Å²) in [6, 6.07) is 13.5. The second kappa shape index (κ2) is 16.4. The van der Waals surface area contributed by atoms with E-state index in [1.807, 2.05) is 13.8 Å². The number of thiol groups is 1. The number of anilines is 2. The van der Waals surface area contributed by atoms with Crippen LogP contribution in [0.4, 0.5) is 17.1 Å². The zero-order chi connectivity index (χ0) is 28.3. The average molecular weight is 706 g/mol. The van der Waals surface area contributed by atoms with Crippen molar-refractivity contribution in [1.82, 2.24) is 0 Å². The molecule has 0 aliphatic carbocycles. The quantitative estimate of drug-likeness (QED) is 0.191. The fourth-order valence-electron chi connectivity index (χ4n) is 5.10. The minimum atomic E-state index is -0.411. The van der Waals surface area contributed by atoms with Crippen LogP contribution in [-0.4, -0.2) is 16.5 Å². The van der Waals surface area contributed by atoms with Crippen molar-refractivity contribution in [2.24, 2.45) is 0 Å². The van der Waals surface area contributed by atoms with Crippen molar-refractivity contribution >= 4 is 29.7 Å². The molecule has 0 fully saturated rings. The number of nitrogens with zero attached hydrogens (tertiary/aromatic N) is 3. The van der Waals surface area contributed by atoms with E-state index in [4.69, 9.17) is 17.4 Å². The van der Waals surface area contributed by atoms with Gasteiger partial charge >= 0.3 is 19.5 Å².